The van der Waals surface area contributed by atoms with Crippen molar-refractivity contribution >= 4 is 33.1 Å². The van der Waals surface area contributed by atoms with Gasteiger partial charge in [0.1, 0.15) is 11.8 Å². The second-order valence-corrected chi connectivity index (χ2v) is 12.5. The Hall–Kier alpha value is -3.31. The van der Waals surface area contributed by atoms with Crippen molar-refractivity contribution in [1.82, 2.24) is 9.78 Å². The predicted octanol–water partition coefficient (Wildman–Crippen LogP) is 3.63. The highest BCUT2D eigenvalue weighted by Crippen LogP contribution is 2.54. The molecule has 10 nitrogen and oxygen atoms in total. The average Bonchev–Trinajstić information content (AvgIpc) is 3.46. The minimum absolute atomic E-state index is 0.0428. The van der Waals surface area contributed by atoms with Crippen LogP contribution in [0.25, 0.3) is 0 Å². The molecule has 5 rings (SSSR count). The molecule has 1 aromatic carbocycles. The summed E-state index contributed by atoms with van der Waals surface area (Å²) in [5.41, 5.74) is 1.46. The van der Waals surface area contributed by atoms with Crippen molar-refractivity contribution in [3.05, 3.63) is 35.5 Å². The second-order valence-electron chi connectivity index (χ2n) is 10.7. The largest absolute Gasteiger partial charge is 0.395 e. The number of hydrogen-bond acceptors (Lipinski definition) is 7. The van der Waals surface area contributed by atoms with Crippen LogP contribution in [0.3, 0.4) is 0 Å². The van der Waals surface area contributed by atoms with Crippen molar-refractivity contribution in [2.24, 2.45) is 11.3 Å². The van der Waals surface area contributed by atoms with Crippen LogP contribution in [-0.4, -0.2) is 60.8 Å². The number of alkyl halides is 3. The third kappa shape index (κ3) is 5.84. The van der Waals surface area contributed by atoms with Gasteiger partial charge in [-0.3, -0.25) is 9.52 Å². The molecule has 1 aromatic heterocycles. The number of aliphatic hydroxyl groups is 1. The number of nitrogens with one attached hydrogen (secondary N) is 2. The first-order chi connectivity index (χ1) is 18.4. The fraction of sp³-hybridized carbons (Fsp3) is 0.560. The molecule has 1 amide bonds. The Morgan fingerprint density at radius 1 is 1.18 bits per heavy atom. The van der Waals surface area contributed by atoms with Gasteiger partial charge in [-0.15, -0.1) is 0 Å². The summed E-state index contributed by atoms with van der Waals surface area (Å²) in [6, 6.07) is 7.19. The van der Waals surface area contributed by atoms with E-state index in [-0.39, 0.29) is 35.6 Å². The Bertz CT molecular complexity index is 1400. The molecule has 2 aliphatic carbocycles. The van der Waals surface area contributed by atoms with E-state index in [1.165, 1.54) is 35.7 Å². The first kappa shape index (κ1) is 27.3. The van der Waals surface area contributed by atoms with Crippen LogP contribution in [-0.2, 0) is 10.0 Å². The SMILES string of the molecule is N#Cc1cc(NC(=O)c2ccc(NS(=O)(=O)CCO)cc2N2CCC3(CC2)CC3)nn1C1CC(C(F)(F)F)C1. The molecule has 2 aromatic rings. The monoisotopic (exact) mass is 566 g/mol. The summed E-state index contributed by atoms with van der Waals surface area (Å²) in [5, 5.41) is 25.4. The molecule has 39 heavy (non-hydrogen) atoms. The second kappa shape index (κ2) is 10.0. The summed E-state index contributed by atoms with van der Waals surface area (Å²) < 4.78 is 66.8. The van der Waals surface area contributed by atoms with Crippen LogP contribution in [0.5, 0.6) is 0 Å². The van der Waals surface area contributed by atoms with Gasteiger partial charge in [0.15, 0.2) is 5.82 Å². The Morgan fingerprint density at radius 2 is 1.87 bits per heavy atom. The number of carbonyl (C=O) groups excluding carboxylic acids is 1. The summed E-state index contributed by atoms with van der Waals surface area (Å²) in [4.78, 5) is 15.4. The standard InChI is InChI=1S/C25H29F3N6O4S/c26-25(27,28)16-11-18(12-16)34-19(15-29)14-22(31-34)30-23(36)20-2-1-17(32-39(37,38)10-9-35)13-21(20)33-7-5-24(3-4-24)6-8-33/h1-2,13-14,16,18,32,35H,3-12H2,(H,30,31,36). The number of halogens is 3. The van der Waals surface area contributed by atoms with Gasteiger partial charge in [0.2, 0.25) is 10.0 Å². The van der Waals surface area contributed by atoms with Crippen molar-refractivity contribution in [3.8, 4) is 6.07 Å². The van der Waals surface area contributed by atoms with E-state index in [9.17, 15) is 31.6 Å². The number of benzene rings is 1. The molecule has 1 aliphatic heterocycles. The van der Waals surface area contributed by atoms with Crippen molar-refractivity contribution in [1.29, 1.82) is 5.26 Å². The Morgan fingerprint density at radius 3 is 2.46 bits per heavy atom. The van der Waals surface area contributed by atoms with E-state index in [2.05, 4.69) is 15.1 Å². The van der Waals surface area contributed by atoms with Gasteiger partial charge < -0.3 is 15.3 Å². The molecule has 2 heterocycles. The summed E-state index contributed by atoms with van der Waals surface area (Å²) in [6.07, 6.45) is -0.359. The van der Waals surface area contributed by atoms with Crippen molar-refractivity contribution < 1.29 is 31.5 Å². The van der Waals surface area contributed by atoms with Gasteiger partial charge in [-0.25, -0.2) is 13.1 Å². The average molecular weight is 567 g/mol. The van der Waals surface area contributed by atoms with Gasteiger partial charge in [0.05, 0.1) is 41.3 Å². The Labute approximate surface area is 223 Å². The number of carbonyl (C=O) groups is 1. The van der Waals surface area contributed by atoms with Crippen LogP contribution in [0.4, 0.5) is 30.4 Å². The van der Waals surface area contributed by atoms with Gasteiger partial charge in [-0.1, -0.05) is 0 Å². The van der Waals surface area contributed by atoms with E-state index in [1.807, 2.05) is 11.0 Å². The maximum Gasteiger partial charge on any atom is 0.391 e. The van der Waals surface area contributed by atoms with Crippen LogP contribution >= 0.6 is 0 Å². The number of rotatable bonds is 8. The van der Waals surface area contributed by atoms with Gasteiger partial charge in [0.25, 0.3) is 5.91 Å². The highest BCUT2D eigenvalue weighted by atomic mass is 32.2. The molecule has 0 atom stereocenters. The number of sulfonamides is 1. The molecule has 1 saturated heterocycles. The van der Waals surface area contributed by atoms with Gasteiger partial charge in [-0.05, 0) is 62.1 Å². The molecule has 210 valence electrons. The predicted molar refractivity (Wildman–Crippen MR) is 137 cm³/mol. The van der Waals surface area contributed by atoms with E-state index in [0.29, 0.717) is 24.2 Å². The van der Waals surface area contributed by atoms with Crippen molar-refractivity contribution in [2.75, 3.05) is 40.4 Å². The van der Waals surface area contributed by atoms with Gasteiger partial charge >= 0.3 is 6.18 Å². The van der Waals surface area contributed by atoms with Crippen LogP contribution in [0.1, 0.15) is 60.6 Å². The number of piperidine rings is 1. The summed E-state index contributed by atoms with van der Waals surface area (Å²) >= 11 is 0. The minimum Gasteiger partial charge on any atom is -0.395 e. The normalized spacial score (nSPS) is 22.2. The van der Waals surface area contributed by atoms with Gasteiger partial charge in [-0.2, -0.15) is 23.5 Å². The Kier molecular flexibility index (Phi) is 7.00. The number of aliphatic hydroxyl groups excluding tert-OH is 1. The Balaban J connectivity index is 1.37. The molecule has 0 unspecified atom stereocenters. The number of aromatic nitrogens is 2. The molecular formula is C25H29F3N6O4S. The molecule has 2 saturated carbocycles. The van der Waals surface area contributed by atoms with E-state index >= 15 is 0 Å². The highest BCUT2D eigenvalue weighted by Gasteiger charge is 2.49. The van der Waals surface area contributed by atoms with Crippen LogP contribution in [0.15, 0.2) is 24.3 Å². The third-order valence-electron chi connectivity index (χ3n) is 8.01. The molecule has 0 radical (unpaired) electrons. The third-order valence-corrected chi connectivity index (χ3v) is 9.28. The fourth-order valence-electron chi connectivity index (χ4n) is 5.35. The lowest BCUT2D eigenvalue weighted by molar-refractivity contribution is -0.203. The van der Waals surface area contributed by atoms with E-state index in [4.69, 9.17) is 5.11 Å². The number of anilines is 3. The van der Waals surface area contributed by atoms with Crippen molar-refractivity contribution in [3.63, 3.8) is 0 Å². The molecule has 3 N–H and O–H groups in total. The number of amides is 1. The van der Waals surface area contributed by atoms with Crippen LogP contribution < -0.4 is 14.9 Å². The maximum absolute atomic E-state index is 13.4. The molecule has 1 spiro atoms. The summed E-state index contributed by atoms with van der Waals surface area (Å²) in [6.45, 7) is 0.858. The molecule has 14 heteroatoms. The summed E-state index contributed by atoms with van der Waals surface area (Å²) in [5.74, 6) is -2.41. The smallest absolute Gasteiger partial charge is 0.391 e. The molecule has 3 fully saturated rings. The van der Waals surface area contributed by atoms with E-state index < -0.39 is 46.4 Å². The lowest BCUT2D eigenvalue weighted by atomic mass is 9.80. The molecule has 0 bridgehead atoms. The zero-order valence-electron chi connectivity index (χ0n) is 21.0. The number of nitriles is 1. The first-order valence-electron chi connectivity index (χ1n) is 12.8. The fourth-order valence-corrected chi connectivity index (χ4v) is 6.18. The lowest BCUT2D eigenvalue weighted by Gasteiger charge is -2.36. The minimum atomic E-state index is -4.30. The van der Waals surface area contributed by atoms with Gasteiger partial charge in [0, 0.05) is 19.2 Å². The zero-order valence-corrected chi connectivity index (χ0v) is 21.9. The topological polar surface area (TPSA) is 140 Å². The lowest BCUT2D eigenvalue weighted by Crippen LogP contribution is -2.37. The van der Waals surface area contributed by atoms with Crippen LogP contribution in [0.2, 0.25) is 0 Å². The molecule has 3 aliphatic rings. The molecular weight excluding hydrogens is 537 g/mol. The maximum atomic E-state index is 13.4. The van der Waals surface area contributed by atoms with E-state index in [1.54, 1.807) is 6.07 Å². The van der Waals surface area contributed by atoms with Crippen LogP contribution in [0, 0.1) is 22.7 Å². The number of nitrogens with zero attached hydrogens (tertiary/aromatic N) is 4. The van der Waals surface area contributed by atoms with Crippen molar-refractivity contribution in [2.45, 2.75) is 50.7 Å². The first-order valence-corrected chi connectivity index (χ1v) is 14.5. The highest BCUT2D eigenvalue weighted by molar-refractivity contribution is 7.92. The summed E-state index contributed by atoms with van der Waals surface area (Å²) in [7, 11) is -3.78. The quantitative estimate of drug-likeness (QED) is 0.443. The zero-order chi connectivity index (χ0) is 28.0. The number of hydrogen-bond donors (Lipinski definition) is 3. The van der Waals surface area contributed by atoms with E-state index in [0.717, 1.165) is 12.8 Å².